The van der Waals surface area contributed by atoms with Crippen molar-refractivity contribution in [2.75, 3.05) is 18.2 Å². The number of hydrogen-bond acceptors (Lipinski definition) is 5. The van der Waals surface area contributed by atoms with Gasteiger partial charge in [-0.1, -0.05) is 6.07 Å². The molecule has 118 valence electrons. The van der Waals surface area contributed by atoms with Gasteiger partial charge in [0.25, 0.3) is 0 Å². The first-order valence-corrected chi connectivity index (χ1v) is 7.23. The van der Waals surface area contributed by atoms with Gasteiger partial charge in [0.2, 0.25) is 0 Å². The van der Waals surface area contributed by atoms with Crippen molar-refractivity contribution in [1.82, 2.24) is 9.97 Å². The van der Waals surface area contributed by atoms with Crippen LogP contribution in [0.1, 0.15) is 21.6 Å². The third-order valence-electron chi connectivity index (χ3n) is 3.73. The second-order valence-electron chi connectivity index (χ2n) is 5.38. The number of aromatic amines is 1. The molecule has 2 heterocycles. The van der Waals surface area contributed by atoms with Gasteiger partial charge in [0.05, 0.1) is 19.0 Å². The molecule has 23 heavy (non-hydrogen) atoms. The van der Waals surface area contributed by atoms with E-state index in [0.29, 0.717) is 17.9 Å². The highest BCUT2D eigenvalue weighted by Crippen LogP contribution is 2.20. The first-order chi connectivity index (χ1) is 11.1. The van der Waals surface area contributed by atoms with Gasteiger partial charge in [-0.25, -0.2) is 9.78 Å². The standard InChI is InChI=1S/C17H18N4O2/c1-10-3-4-13(18)5-12(10)8-19-14-6-11-7-15(17(22)23-2)21-16(11)20-9-14/h3-7,9,19H,8,18H2,1-2H3,(H,20,21). The number of aromatic nitrogens is 2. The summed E-state index contributed by atoms with van der Waals surface area (Å²) in [6.07, 6.45) is 1.72. The molecular formula is C17H18N4O2. The maximum absolute atomic E-state index is 11.5. The van der Waals surface area contributed by atoms with Crippen molar-refractivity contribution < 1.29 is 9.53 Å². The predicted molar refractivity (Wildman–Crippen MR) is 90.4 cm³/mol. The maximum Gasteiger partial charge on any atom is 0.354 e. The average Bonchev–Trinajstić information content (AvgIpc) is 2.98. The number of anilines is 2. The minimum atomic E-state index is -0.409. The third-order valence-corrected chi connectivity index (χ3v) is 3.73. The van der Waals surface area contributed by atoms with Gasteiger partial charge < -0.3 is 20.8 Å². The van der Waals surface area contributed by atoms with Gasteiger partial charge in [0, 0.05) is 17.6 Å². The normalized spacial score (nSPS) is 10.7. The predicted octanol–water partition coefficient (Wildman–Crippen LogP) is 2.85. The fraction of sp³-hybridized carbons (Fsp3) is 0.176. The van der Waals surface area contributed by atoms with Gasteiger partial charge in [0.1, 0.15) is 11.3 Å². The Morgan fingerprint density at radius 1 is 1.35 bits per heavy atom. The number of ether oxygens (including phenoxy) is 1. The van der Waals surface area contributed by atoms with E-state index in [1.165, 1.54) is 12.7 Å². The van der Waals surface area contributed by atoms with Crippen LogP contribution >= 0.6 is 0 Å². The van der Waals surface area contributed by atoms with E-state index in [4.69, 9.17) is 10.5 Å². The second-order valence-corrected chi connectivity index (χ2v) is 5.38. The van der Waals surface area contributed by atoms with Crippen LogP contribution in [0.3, 0.4) is 0 Å². The lowest BCUT2D eigenvalue weighted by Crippen LogP contribution is -2.02. The largest absolute Gasteiger partial charge is 0.464 e. The number of hydrogen-bond donors (Lipinski definition) is 3. The fourth-order valence-electron chi connectivity index (χ4n) is 2.41. The van der Waals surface area contributed by atoms with E-state index >= 15 is 0 Å². The number of carbonyl (C=O) groups is 1. The van der Waals surface area contributed by atoms with E-state index < -0.39 is 5.97 Å². The topological polar surface area (TPSA) is 93.0 Å². The number of nitrogens with one attached hydrogen (secondary N) is 2. The van der Waals surface area contributed by atoms with Crippen molar-refractivity contribution in [3.63, 3.8) is 0 Å². The molecule has 0 aliphatic rings. The molecule has 0 saturated heterocycles. The molecule has 0 amide bonds. The lowest BCUT2D eigenvalue weighted by molar-refractivity contribution is 0.0595. The lowest BCUT2D eigenvalue weighted by Gasteiger charge is -2.09. The van der Waals surface area contributed by atoms with Gasteiger partial charge >= 0.3 is 5.97 Å². The van der Waals surface area contributed by atoms with Crippen LogP contribution in [0.25, 0.3) is 11.0 Å². The van der Waals surface area contributed by atoms with E-state index in [9.17, 15) is 4.79 Å². The number of pyridine rings is 1. The lowest BCUT2D eigenvalue weighted by atomic mass is 10.1. The van der Waals surface area contributed by atoms with E-state index in [-0.39, 0.29) is 0 Å². The number of methoxy groups -OCH3 is 1. The number of rotatable bonds is 4. The second kappa shape index (κ2) is 6.00. The molecule has 3 aromatic rings. The van der Waals surface area contributed by atoms with Crippen molar-refractivity contribution in [3.8, 4) is 0 Å². The maximum atomic E-state index is 11.5. The summed E-state index contributed by atoms with van der Waals surface area (Å²) in [4.78, 5) is 18.8. The van der Waals surface area contributed by atoms with Crippen LogP contribution in [0.2, 0.25) is 0 Å². The number of nitrogens with zero attached hydrogens (tertiary/aromatic N) is 1. The molecule has 6 nitrogen and oxygen atoms in total. The van der Waals surface area contributed by atoms with Crippen LogP contribution in [0.5, 0.6) is 0 Å². The first kappa shape index (κ1) is 14.9. The summed E-state index contributed by atoms with van der Waals surface area (Å²) in [6, 6.07) is 9.52. The molecule has 4 N–H and O–H groups in total. The highest BCUT2D eigenvalue weighted by atomic mass is 16.5. The number of carbonyl (C=O) groups excluding carboxylic acids is 1. The van der Waals surface area contributed by atoms with Crippen molar-refractivity contribution in [3.05, 3.63) is 53.3 Å². The van der Waals surface area contributed by atoms with E-state index in [1.807, 2.05) is 31.2 Å². The van der Waals surface area contributed by atoms with Crippen LogP contribution < -0.4 is 11.1 Å². The SMILES string of the molecule is COC(=O)c1cc2cc(NCc3cc(N)ccc3C)cnc2[nH]1. The van der Waals surface area contributed by atoms with Crippen LogP contribution in [0.4, 0.5) is 11.4 Å². The molecular weight excluding hydrogens is 292 g/mol. The number of H-pyrrole nitrogens is 1. The minimum Gasteiger partial charge on any atom is -0.464 e. The smallest absolute Gasteiger partial charge is 0.354 e. The first-order valence-electron chi connectivity index (χ1n) is 7.23. The van der Waals surface area contributed by atoms with Crippen molar-refractivity contribution in [1.29, 1.82) is 0 Å². The zero-order valence-electron chi connectivity index (χ0n) is 13.0. The Labute approximate surface area is 133 Å². The zero-order chi connectivity index (χ0) is 16.4. The molecule has 0 unspecified atom stereocenters. The summed E-state index contributed by atoms with van der Waals surface area (Å²) in [5.74, 6) is -0.409. The Balaban J connectivity index is 1.80. The van der Waals surface area contributed by atoms with Crippen LogP contribution in [0.15, 0.2) is 36.5 Å². The molecule has 0 spiro atoms. The highest BCUT2D eigenvalue weighted by Gasteiger charge is 2.10. The molecule has 1 aromatic carbocycles. The summed E-state index contributed by atoms with van der Waals surface area (Å²) < 4.78 is 4.70. The van der Waals surface area contributed by atoms with E-state index in [0.717, 1.165) is 22.3 Å². The molecule has 0 radical (unpaired) electrons. The van der Waals surface area contributed by atoms with Crippen molar-refractivity contribution >= 4 is 28.4 Å². The van der Waals surface area contributed by atoms with Gasteiger partial charge in [-0.2, -0.15) is 0 Å². The highest BCUT2D eigenvalue weighted by molar-refractivity contribution is 5.94. The van der Waals surface area contributed by atoms with Gasteiger partial charge in [-0.15, -0.1) is 0 Å². The minimum absolute atomic E-state index is 0.388. The third kappa shape index (κ3) is 3.11. The zero-order valence-corrected chi connectivity index (χ0v) is 13.0. The Morgan fingerprint density at radius 2 is 2.17 bits per heavy atom. The van der Waals surface area contributed by atoms with Gasteiger partial charge in [-0.3, -0.25) is 0 Å². The molecule has 0 atom stereocenters. The van der Waals surface area contributed by atoms with Crippen LogP contribution in [-0.4, -0.2) is 23.0 Å². The molecule has 0 aliphatic heterocycles. The van der Waals surface area contributed by atoms with Gasteiger partial charge in [0.15, 0.2) is 0 Å². The quantitative estimate of drug-likeness (QED) is 0.509. The summed E-state index contributed by atoms with van der Waals surface area (Å²) in [6.45, 7) is 2.70. The van der Waals surface area contributed by atoms with Crippen LogP contribution in [-0.2, 0) is 11.3 Å². The molecule has 3 rings (SSSR count). The summed E-state index contributed by atoms with van der Waals surface area (Å²) in [7, 11) is 1.35. The van der Waals surface area contributed by atoms with Gasteiger partial charge in [-0.05, 0) is 42.3 Å². The molecule has 6 heteroatoms. The number of nitrogen functional groups attached to an aromatic ring is 1. The molecule has 0 bridgehead atoms. The number of aryl methyl sites for hydroxylation is 1. The molecule has 0 saturated carbocycles. The van der Waals surface area contributed by atoms with Crippen LogP contribution in [0, 0.1) is 6.92 Å². The molecule has 0 fully saturated rings. The number of nitrogens with two attached hydrogens (primary N) is 1. The Bertz CT molecular complexity index is 870. The number of fused-ring (bicyclic) bond motifs is 1. The average molecular weight is 310 g/mol. The van der Waals surface area contributed by atoms with Crippen molar-refractivity contribution in [2.45, 2.75) is 13.5 Å². The Hall–Kier alpha value is -3.02. The number of esters is 1. The monoisotopic (exact) mass is 310 g/mol. The van der Waals surface area contributed by atoms with E-state index in [1.54, 1.807) is 12.3 Å². The summed E-state index contributed by atoms with van der Waals surface area (Å²) in [5, 5.41) is 4.17. The Kier molecular flexibility index (Phi) is 3.89. The summed E-state index contributed by atoms with van der Waals surface area (Å²) >= 11 is 0. The Morgan fingerprint density at radius 3 is 2.96 bits per heavy atom. The van der Waals surface area contributed by atoms with Crippen molar-refractivity contribution in [2.24, 2.45) is 0 Å². The van der Waals surface area contributed by atoms with E-state index in [2.05, 4.69) is 15.3 Å². The fourth-order valence-corrected chi connectivity index (χ4v) is 2.41. The molecule has 0 aliphatic carbocycles. The summed E-state index contributed by atoms with van der Waals surface area (Å²) in [5.41, 5.74) is 10.8. The molecule has 2 aromatic heterocycles. The number of benzene rings is 1.